The molecule has 2 N–H and O–H groups in total. The number of fused-ring (bicyclic) bond motifs is 3. The summed E-state index contributed by atoms with van der Waals surface area (Å²) in [5.41, 5.74) is 0.917. The van der Waals surface area contributed by atoms with Gasteiger partial charge in [-0.05, 0) is 58.4 Å². The fraction of sp³-hybridized carbons (Fsp3) is 0.300. The molecule has 0 saturated carbocycles. The van der Waals surface area contributed by atoms with Gasteiger partial charge in [-0.3, -0.25) is 0 Å². The third kappa shape index (κ3) is 3.64. The summed E-state index contributed by atoms with van der Waals surface area (Å²) in [6.07, 6.45) is -0.508. The Balaban J connectivity index is 0.00000208. The molecule has 1 unspecified atom stereocenters. The fourth-order valence-electron chi connectivity index (χ4n) is 3.09. The summed E-state index contributed by atoms with van der Waals surface area (Å²) < 4.78 is 0. The van der Waals surface area contributed by atoms with Crippen LogP contribution < -0.4 is 0 Å². The molecule has 1 atom stereocenters. The molecule has 0 bridgehead atoms. The number of likely N-dealkylation sites (N-methyl/N-ethyl adjacent to an activating group) is 1. The van der Waals surface area contributed by atoms with Crippen LogP contribution in [-0.4, -0.2) is 34.7 Å². The minimum Gasteiger partial charge on any atom is -0.508 e. The van der Waals surface area contributed by atoms with Crippen molar-refractivity contribution in [3.8, 4) is 5.75 Å². The maximum atomic E-state index is 10.5. The monoisotopic (exact) mass is 345 g/mol. The normalized spacial score (nSPS) is 12.5. The average molecular weight is 346 g/mol. The maximum Gasteiger partial charge on any atom is 0.116 e. The van der Waals surface area contributed by atoms with Gasteiger partial charge in [-0.25, -0.2) is 0 Å². The Morgan fingerprint density at radius 2 is 1.42 bits per heavy atom. The van der Waals surface area contributed by atoms with Crippen LogP contribution in [0.15, 0.2) is 48.5 Å². The van der Waals surface area contributed by atoms with Gasteiger partial charge in [-0.15, -0.1) is 12.4 Å². The molecule has 0 fully saturated rings. The molecule has 0 radical (unpaired) electrons. The number of aliphatic hydroxyl groups is 1. The van der Waals surface area contributed by atoms with Gasteiger partial charge in [0, 0.05) is 6.54 Å². The van der Waals surface area contributed by atoms with E-state index in [2.05, 4.69) is 30.9 Å². The Labute approximate surface area is 148 Å². The Kier molecular flexibility index (Phi) is 6.05. The zero-order valence-corrected chi connectivity index (χ0v) is 14.9. The highest BCUT2D eigenvalue weighted by molar-refractivity contribution is 6.08. The van der Waals surface area contributed by atoms with Gasteiger partial charge in [0.25, 0.3) is 0 Å². The van der Waals surface area contributed by atoms with Crippen LogP contribution in [0.3, 0.4) is 0 Å². The molecular formula is C20H24ClNO2. The number of aromatic hydroxyl groups is 1. The van der Waals surface area contributed by atoms with Crippen molar-refractivity contribution >= 4 is 34.0 Å². The van der Waals surface area contributed by atoms with Crippen molar-refractivity contribution in [1.29, 1.82) is 0 Å². The Morgan fingerprint density at radius 3 is 2.04 bits per heavy atom. The summed E-state index contributed by atoms with van der Waals surface area (Å²) in [7, 11) is 0. The lowest BCUT2D eigenvalue weighted by molar-refractivity contribution is 0.119. The summed E-state index contributed by atoms with van der Waals surface area (Å²) in [6.45, 7) is 6.70. The van der Waals surface area contributed by atoms with Crippen LogP contribution in [-0.2, 0) is 0 Å². The number of hydrogen-bond acceptors (Lipinski definition) is 3. The smallest absolute Gasteiger partial charge is 0.116 e. The quantitative estimate of drug-likeness (QED) is 0.669. The molecule has 0 spiro atoms. The topological polar surface area (TPSA) is 43.7 Å². The molecule has 0 aliphatic heterocycles. The second kappa shape index (κ2) is 7.84. The summed E-state index contributed by atoms with van der Waals surface area (Å²) in [4.78, 5) is 2.21. The van der Waals surface area contributed by atoms with E-state index in [1.54, 1.807) is 12.1 Å². The lowest BCUT2D eigenvalue weighted by Gasteiger charge is -2.22. The molecule has 0 amide bonds. The predicted molar refractivity (Wildman–Crippen MR) is 103 cm³/mol. The zero-order valence-electron chi connectivity index (χ0n) is 14.1. The van der Waals surface area contributed by atoms with E-state index in [0.29, 0.717) is 6.54 Å². The molecule has 3 aromatic carbocycles. The molecule has 3 aromatic rings. The molecule has 128 valence electrons. The lowest BCUT2D eigenvalue weighted by Crippen LogP contribution is -2.28. The minimum absolute atomic E-state index is 0. The van der Waals surface area contributed by atoms with E-state index in [1.807, 2.05) is 24.3 Å². The first-order valence-corrected chi connectivity index (χ1v) is 8.18. The molecule has 0 aromatic heterocycles. The first kappa shape index (κ1) is 18.5. The summed E-state index contributed by atoms with van der Waals surface area (Å²) in [5.74, 6) is 0.263. The Morgan fingerprint density at radius 1 is 0.875 bits per heavy atom. The lowest BCUT2D eigenvalue weighted by atomic mass is 9.98. The van der Waals surface area contributed by atoms with E-state index in [1.165, 1.54) is 0 Å². The number of halogens is 1. The molecule has 3 rings (SSSR count). The first-order valence-electron chi connectivity index (χ1n) is 8.18. The van der Waals surface area contributed by atoms with Crippen molar-refractivity contribution < 1.29 is 10.2 Å². The molecule has 24 heavy (non-hydrogen) atoms. The van der Waals surface area contributed by atoms with Crippen LogP contribution in [0.4, 0.5) is 0 Å². The summed E-state index contributed by atoms with van der Waals surface area (Å²) in [5, 5.41) is 24.6. The van der Waals surface area contributed by atoms with Crippen LogP contribution in [0.2, 0.25) is 0 Å². The SMILES string of the molecule is CCN(CC)CC(O)c1ccc2ccc3ccc(O)cc3c2c1.Cl. The molecule has 0 aliphatic rings. The van der Waals surface area contributed by atoms with Crippen LogP contribution in [0.1, 0.15) is 25.5 Å². The van der Waals surface area contributed by atoms with Crippen molar-refractivity contribution in [1.82, 2.24) is 4.90 Å². The second-order valence-electron chi connectivity index (χ2n) is 5.95. The standard InChI is InChI=1S/C20H23NO2.ClH/c1-3-21(4-2)13-20(23)16-8-7-14-5-6-15-9-10-17(22)12-19(15)18(14)11-16;/h5-12,20,22-23H,3-4,13H2,1-2H3;1H. The molecule has 3 nitrogen and oxygen atoms in total. The maximum absolute atomic E-state index is 10.5. The van der Waals surface area contributed by atoms with Gasteiger partial charge >= 0.3 is 0 Å². The van der Waals surface area contributed by atoms with Crippen LogP contribution in [0, 0.1) is 0 Å². The first-order chi connectivity index (χ1) is 11.1. The highest BCUT2D eigenvalue weighted by Crippen LogP contribution is 2.30. The third-order valence-corrected chi connectivity index (χ3v) is 4.56. The van der Waals surface area contributed by atoms with E-state index < -0.39 is 6.10 Å². The molecule has 4 heteroatoms. The van der Waals surface area contributed by atoms with Crippen LogP contribution >= 0.6 is 12.4 Å². The van der Waals surface area contributed by atoms with Crippen molar-refractivity contribution in [3.63, 3.8) is 0 Å². The fourth-order valence-corrected chi connectivity index (χ4v) is 3.09. The van der Waals surface area contributed by atoms with E-state index in [0.717, 1.165) is 40.2 Å². The van der Waals surface area contributed by atoms with Crippen molar-refractivity contribution in [2.24, 2.45) is 0 Å². The van der Waals surface area contributed by atoms with Crippen molar-refractivity contribution in [2.45, 2.75) is 20.0 Å². The van der Waals surface area contributed by atoms with E-state index >= 15 is 0 Å². The third-order valence-electron chi connectivity index (χ3n) is 4.56. The highest BCUT2D eigenvalue weighted by atomic mass is 35.5. The second-order valence-corrected chi connectivity index (χ2v) is 5.95. The van der Waals surface area contributed by atoms with Crippen molar-refractivity contribution in [2.75, 3.05) is 19.6 Å². The zero-order chi connectivity index (χ0) is 16.4. The minimum atomic E-state index is -0.508. The number of phenolic OH excluding ortho intramolecular Hbond substituents is 1. The van der Waals surface area contributed by atoms with Crippen molar-refractivity contribution in [3.05, 3.63) is 54.1 Å². The highest BCUT2D eigenvalue weighted by Gasteiger charge is 2.12. The number of aliphatic hydroxyl groups excluding tert-OH is 1. The van der Waals surface area contributed by atoms with Gasteiger partial charge in [-0.2, -0.15) is 0 Å². The number of phenols is 1. The van der Waals surface area contributed by atoms with Crippen LogP contribution in [0.25, 0.3) is 21.5 Å². The van der Waals surface area contributed by atoms with Gasteiger partial charge in [0.05, 0.1) is 6.10 Å². The van der Waals surface area contributed by atoms with Gasteiger partial charge < -0.3 is 15.1 Å². The largest absolute Gasteiger partial charge is 0.508 e. The number of nitrogens with zero attached hydrogens (tertiary/aromatic N) is 1. The van der Waals surface area contributed by atoms with E-state index in [4.69, 9.17) is 0 Å². The Hall–Kier alpha value is -1.81. The van der Waals surface area contributed by atoms with E-state index in [-0.39, 0.29) is 18.2 Å². The van der Waals surface area contributed by atoms with Gasteiger partial charge in [0.1, 0.15) is 5.75 Å². The predicted octanol–water partition coefficient (Wildman–Crippen LogP) is 4.50. The van der Waals surface area contributed by atoms with Gasteiger partial charge in [-0.1, -0.05) is 44.2 Å². The van der Waals surface area contributed by atoms with Gasteiger partial charge in [0.15, 0.2) is 0 Å². The van der Waals surface area contributed by atoms with Crippen LogP contribution in [0.5, 0.6) is 5.75 Å². The number of hydrogen-bond donors (Lipinski definition) is 2. The van der Waals surface area contributed by atoms with E-state index in [9.17, 15) is 10.2 Å². The molecule has 0 aliphatic carbocycles. The molecular weight excluding hydrogens is 322 g/mol. The molecule has 0 heterocycles. The summed E-state index contributed by atoms with van der Waals surface area (Å²) in [6, 6.07) is 15.6. The number of benzene rings is 3. The Bertz CT molecular complexity index is 830. The molecule has 0 saturated heterocycles. The summed E-state index contributed by atoms with van der Waals surface area (Å²) >= 11 is 0. The van der Waals surface area contributed by atoms with Gasteiger partial charge in [0.2, 0.25) is 0 Å². The number of rotatable bonds is 5. The average Bonchev–Trinajstić information content (AvgIpc) is 2.58.